The van der Waals surface area contributed by atoms with E-state index in [0.717, 1.165) is 11.1 Å². The number of nitrogens with zero attached hydrogens (tertiary/aromatic N) is 1. The number of halogens is 1. The fourth-order valence-electron chi connectivity index (χ4n) is 3.57. The van der Waals surface area contributed by atoms with E-state index in [1.165, 1.54) is 11.0 Å². The summed E-state index contributed by atoms with van der Waals surface area (Å²) in [5.41, 5.74) is 9.11. The number of rotatable bonds is 6. The predicted molar refractivity (Wildman–Crippen MR) is 117 cm³/mol. The van der Waals surface area contributed by atoms with Gasteiger partial charge in [0.05, 0.1) is 17.8 Å². The van der Waals surface area contributed by atoms with Crippen LogP contribution in [0.3, 0.4) is 0 Å². The Morgan fingerprint density at radius 3 is 2.55 bits per heavy atom. The zero-order valence-electron chi connectivity index (χ0n) is 17.0. The van der Waals surface area contributed by atoms with Gasteiger partial charge in [-0.3, -0.25) is 9.69 Å². The number of ether oxygens (including phenoxy) is 1. The van der Waals surface area contributed by atoms with Gasteiger partial charge in [0, 0.05) is 17.8 Å². The van der Waals surface area contributed by atoms with Crippen molar-refractivity contribution < 1.29 is 18.7 Å². The van der Waals surface area contributed by atoms with Crippen LogP contribution >= 0.6 is 0 Å². The summed E-state index contributed by atoms with van der Waals surface area (Å²) in [6.45, 7) is 2.69. The number of hydrogen-bond donors (Lipinski definition) is 2. The highest BCUT2D eigenvalue weighted by atomic mass is 19.1. The molecule has 0 radical (unpaired) electrons. The van der Waals surface area contributed by atoms with Gasteiger partial charge in [0.15, 0.2) is 0 Å². The molecule has 1 saturated heterocycles. The van der Waals surface area contributed by atoms with Gasteiger partial charge >= 0.3 is 6.09 Å². The molecule has 7 heteroatoms. The van der Waals surface area contributed by atoms with Crippen LogP contribution in [0.15, 0.2) is 66.7 Å². The number of cyclic esters (lactones) is 1. The number of nitrogens with one attached hydrogen (secondary N) is 1. The molecule has 1 fully saturated rings. The number of amides is 2. The molecule has 0 bridgehead atoms. The van der Waals surface area contributed by atoms with E-state index in [2.05, 4.69) is 5.32 Å². The Morgan fingerprint density at radius 1 is 1.16 bits per heavy atom. The van der Waals surface area contributed by atoms with Crippen LogP contribution in [0.1, 0.15) is 22.8 Å². The second-order valence-corrected chi connectivity index (χ2v) is 7.43. The van der Waals surface area contributed by atoms with Gasteiger partial charge in [-0.25, -0.2) is 9.18 Å². The highest BCUT2D eigenvalue weighted by Crippen LogP contribution is 2.29. The molecule has 31 heavy (non-hydrogen) atoms. The van der Waals surface area contributed by atoms with Crippen LogP contribution in [-0.4, -0.2) is 24.6 Å². The van der Waals surface area contributed by atoms with E-state index in [1.807, 2.05) is 30.3 Å². The molecule has 0 aromatic heterocycles. The fraction of sp³-hybridized carbons (Fsp3) is 0.167. The Morgan fingerprint density at radius 2 is 1.90 bits per heavy atom. The van der Waals surface area contributed by atoms with Crippen molar-refractivity contribution in [2.75, 3.05) is 16.8 Å². The molecule has 0 saturated carbocycles. The average Bonchev–Trinajstić information content (AvgIpc) is 3.10. The van der Waals surface area contributed by atoms with Crippen molar-refractivity contribution in [1.29, 1.82) is 0 Å². The highest BCUT2D eigenvalue weighted by Gasteiger charge is 2.29. The van der Waals surface area contributed by atoms with Crippen LogP contribution in [0.25, 0.3) is 11.1 Å². The van der Waals surface area contributed by atoms with Crippen LogP contribution in [0.2, 0.25) is 0 Å². The lowest BCUT2D eigenvalue weighted by atomic mass is 10.0. The van der Waals surface area contributed by atoms with E-state index in [1.54, 1.807) is 37.3 Å². The van der Waals surface area contributed by atoms with Crippen LogP contribution < -0.4 is 16.0 Å². The van der Waals surface area contributed by atoms with Crippen molar-refractivity contribution >= 4 is 23.4 Å². The molecule has 1 heterocycles. The number of hydrogen-bond acceptors (Lipinski definition) is 4. The first-order valence-corrected chi connectivity index (χ1v) is 9.92. The van der Waals surface area contributed by atoms with E-state index >= 15 is 0 Å². The van der Waals surface area contributed by atoms with Crippen molar-refractivity contribution in [3.63, 3.8) is 0 Å². The fourth-order valence-corrected chi connectivity index (χ4v) is 3.57. The van der Waals surface area contributed by atoms with Crippen LogP contribution in [0.5, 0.6) is 0 Å². The standard InChI is InChI=1S/C24H22FN3O3/c1-15-14-28(24(30)31-15)18-10-11-19(21(25)12-18)17-8-6-16(7-9-17)13-27-22-5-3-2-4-20(22)23(26)29/h2-12,15,27H,13-14H2,1H3,(H2,26,29)/t15-/m0/s1. The molecular formula is C24H22FN3O3. The maximum Gasteiger partial charge on any atom is 0.414 e. The molecule has 4 rings (SSSR count). The third-order valence-corrected chi connectivity index (χ3v) is 5.17. The molecule has 6 nitrogen and oxygen atoms in total. The maximum atomic E-state index is 14.8. The highest BCUT2D eigenvalue weighted by molar-refractivity contribution is 5.98. The van der Waals surface area contributed by atoms with Gasteiger partial charge in [0.1, 0.15) is 11.9 Å². The summed E-state index contributed by atoms with van der Waals surface area (Å²) in [6, 6.07) is 19.2. The molecule has 0 spiro atoms. The monoisotopic (exact) mass is 419 g/mol. The van der Waals surface area contributed by atoms with Gasteiger partial charge < -0.3 is 15.8 Å². The topological polar surface area (TPSA) is 84.7 Å². The lowest BCUT2D eigenvalue weighted by Crippen LogP contribution is -2.24. The Hall–Kier alpha value is -3.87. The summed E-state index contributed by atoms with van der Waals surface area (Å²) < 4.78 is 19.9. The molecule has 0 aliphatic carbocycles. The SMILES string of the molecule is C[C@H]1CN(c2ccc(-c3ccc(CNc4ccccc4C(N)=O)cc3)c(F)c2)C(=O)O1. The molecule has 2 amide bonds. The third kappa shape index (κ3) is 4.35. The second-order valence-electron chi connectivity index (χ2n) is 7.43. The number of benzene rings is 3. The van der Waals surface area contributed by atoms with Crippen molar-refractivity contribution in [3.05, 3.63) is 83.7 Å². The lowest BCUT2D eigenvalue weighted by Gasteiger charge is -2.14. The van der Waals surface area contributed by atoms with Crippen LogP contribution in [0, 0.1) is 5.82 Å². The minimum absolute atomic E-state index is 0.216. The molecule has 1 atom stereocenters. The number of nitrogens with two attached hydrogens (primary N) is 1. The Bertz CT molecular complexity index is 1130. The molecule has 1 aliphatic heterocycles. The average molecular weight is 419 g/mol. The van der Waals surface area contributed by atoms with Gasteiger partial charge in [-0.05, 0) is 48.4 Å². The van der Waals surface area contributed by atoms with E-state index < -0.39 is 17.8 Å². The van der Waals surface area contributed by atoms with E-state index in [4.69, 9.17) is 10.5 Å². The van der Waals surface area contributed by atoms with Gasteiger partial charge in [0.2, 0.25) is 0 Å². The van der Waals surface area contributed by atoms with Gasteiger partial charge in [0.25, 0.3) is 5.91 Å². The molecule has 3 aromatic carbocycles. The first kappa shape index (κ1) is 20.4. The third-order valence-electron chi connectivity index (χ3n) is 5.17. The molecule has 1 aliphatic rings. The number of carbonyl (C=O) groups is 2. The molecule has 158 valence electrons. The maximum absolute atomic E-state index is 14.8. The van der Waals surface area contributed by atoms with Crippen molar-refractivity contribution in [1.82, 2.24) is 0 Å². The normalized spacial score (nSPS) is 15.6. The number of primary amides is 1. The Kier molecular flexibility index (Phi) is 5.58. The van der Waals surface area contributed by atoms with Crippen molar-refractivity contribution in [2.45, 2.75) is 19.6 Å². The Balaban J connectivity index is 1.47. The molecular weight excluding hydrogens is 397 g/mol. The summed E-state index contributed by atoms with van der Waals surface area (Å²) in [4.78, 5) is 24.8. The van der Waals surface area contributed by atoms with E-state index in [-0.39, 0.29) is 6.10 Å². The smallest absolute Gasteiger partial charge is 0.414 e. The quantitative estimate of drug-likeness (QED) is 0.614. The van der Waals surface area contributed by atoms with Crippen molar-refractivity contribution in [3.8, 4) is 11.1 Å². The van der Waals surface area contributed by atoms with Gasteiger partial charge in [-0.1, -0.05) is 36.4 Å². The summed E-state index contributed by atoms with van der Waals surface area (Å²) in [6.07, 6.45) is -0.680. The lowest BCUT2D eigenvalue weighted by molar-refractivity contribution is 0.100. The number of para-hydroxylation sites is 1. The minimum atomic E-state index is -0.492. The van der Waals surface area contributed by atoms with E-state index in [9.17, 15) is 14.0 Å². The summed E-state index contributed by atoms with van der Waals surface area (Å²) in [7, 11) is 0. The van der Waals surface area contributed by atoms with Crippen LogP contribution in [-0.2, 0) is 11.3 Å². The van der Waals surface area contributed by atoms with Gasteiger partial charge in [-0.2, -0.15) is 0 Å². The minimum Gasteiger partial charge on any atom is -0.444 e. The molecule has 3 N–H and O–H groups in total. The number of anilines is 2. The van der Waals surface area contributed by atoms with Crippen LogP contribution in [0.4, 0.5) is 20.6 Å². The summed E-state index contributed by atoms with van der Waals surface area (Å²) in [5.74, 6) is -0.903. The zero-order chi connectivity index (χ0) is 22.0. The first-order chi connectivity index (χ1) is 14.9. The number of carbonyl (C=O) groups excluding carboxylic acids is 2. The van der Waals surface area contributed by atoms with Gasteiger partial charge in [-0.15, -0.1) is 0 Å². The molecule has 3 aromatic rings. The zero-order valence-corrected chi connectivity index (χ0v) is 17.0. The summed E-state index contributed by atoms with van der Waals surface area (Å²) in [5, 5.41) is 3.20. The van der Waals surface area contributed by atoms with E-state index in [0.29, 0.717) is 35.6 Å². The summed E-state index contributed by atoms with van der Waals surface area (Å²) >= 11 is 0. The largest absolute Gasteiger partial charge is 0.444 e. The molecule has 0 unspecified atom stereocenters. The Labute approximate surface area is 179 Å². The van der Waals surface area contributed by atoms with Crippen molar-refractivity contribution in [2.24, 2.45) is 5.73 Å². The first-order valence-electron chi connectivity index (χ1n) is 9.92. The second kappa shape index (κ2) is 8.47. The predicted octanol–water partition coefficient (Wildman–Crippen LogP) is 4.55.